The van der Waals surface area contributed by atoms with Gasteiger partial charge in [0.05, 0.1) is 22.1 Å². The maximum absolute atomic E-state index is 10.8. The molecule has 3 rings (SSSR count). The van der Waals surface area contributed by atoms with Crippen molar-refractivity contribution in [1.82, 2.24) is 20.0 Å². The summed E-state index contributed by atoms with van der Waals surface area (Å²) in [5.74, 6) is -1.03. The van der Waals surface area contributed by atoms with Crippen molar-refractivity contribution >= 4 is 21.9 Å². The predicted octanol–water partition coefficient (Wildman–Crippen LogP) is 2.72. The van der Waals surface area contributed by atoms with Crippen LogP contribution < -0.4 is 0 Å². The fraction of sp³-hybridized carbons (Fsp3) is 0. The lowest BCUT2D eigenvalue weighted by atomic mass is 10.1. The second-order valence-corrected chi connectivity index (χ2v) is 5.04. The summed E-state index contributed by atoms with van der Waals surface area (Å²) in [7, 11) is 0. The minimum absolute atomic E-state index is 0.0695. The summed E-state index contributed by atoms with van der Waals surface area (Å²) >= 11 is 3.34. The van der Waals surface area contributed by atoms with E-state index in [0.717, 1.165) is 15.7 Å². The van der Waals surface area contributed by atoms with Gasteiger partial charge in [-0.15, -0.1) is 0 Å². The van der Waals surface area contributed by atoms with Crippen LogP contribution in [0.3, 0.4) is 0 Å². The molecule has 0 aliphatic carbocycles. The number of carboxylic acids is 1. The quantitative estimate of drug-likeness (QED) is 0.772. The fourth-order valence-electron chi connectivity index (χ4n) is 1.81. The standard InChI is InChI=1S/C13H9BrN4O2/c14-9-6-15-18(7-9)10-3-1-8(2-4-10)11-5-12(13(19)20)17-16-11/h1-7H,(H,16,17)(H,19,20). The summed E-state index contributed by atoms with van der Waals surface area (Å²) in [5, 5.41) is 19.5. The van der Waals surface area contributed by atoms with Gasteiger partial charge >= 0.3 is 5.97 Å². The Hall–Kier alpha value is -2.41. The van der Waals surface area contributed by atoms with Crippen molar-refractivity contribution in [3.63, 3.8) is 0 Å². The lowest BCUT2D eigenvalue weighted by Gasteiger charge is -2.02. The maximum atomic E-state index is 10.8. The van der Waals surface area contributed by atoms with Crippen LogP contribution in [0, 0.1) is 0 Å². The number of aromatic nitrogens is 4. The topological polar surface area (TPSA) is 83.8 Å². The SMILES string of the molecule is O=C(O)c1cc(-c2ccc(-n3cc(Br)cn3)cc2)n[nH]1. The molecular weight excluding hydrogens is 324 g/mol. The molecule has 0 unspecified atom stereocenters. The molecule has 2 N–H and O–H groups in total. The molecule has 20 heavy (non-hydrogen) atoms. The Bertz CT molecular complexity index is 761. The summed E-state index contributed by atoms with van der Waals surface area (Å²) in [5.41, 5.74) is 2.41. The molecule has 0 saturated heterocycles. The van der Waals surface area contributed by atoms with E-state index in [4.69, 9.17) is 5.11 Å². The number of nitrogens with one attached hydrogen (secondary N) is 1. The summed E-state index contributed by atoms with van der Waals surface area (Å²) in [6.45, 7) is 0. The van der Waals surface area contributed by atoms with Gasteiger partial charge in [-0.1, -0.05) is 12.1 Å². The molecule has 0 atom stereocenters. The van der Waals surface area contributed by atoms with Gasteiger partial charge in [0.15, 0.2) is 0 Å². The highest BCUT2D eigenvalue weighted by Gasteiger charge is 2.09. The molecule has 0 aliphatic heterocycles. The average molecular weight is 333 g/mol. The summed E-state index contributed by atoms with van der Waals surface area (Å²) in [6, 6.07) is 9.02. The molecule has 0 amide bonds. The van der Waals surface area contributed by atoms with Gasteiger partial charge in [-0.3, -0.25) is 5.10 Å². The van der Waals surface area contributed by atoms with Crippen molar-refractivity contribution < 1.29 is 9.90 Å². The van der Waals surface area contributed by atoms with Crippen LogP contribution in [-0.4, -0.2) is 31.1 Å². The minimum Gasteiger partial charge on any atom is -0.477 e. The molecule has 0 spiro atoms. The van der Waals surface area contributed by atoms with E-state index in [-0.39, 0.29) is 5.69 Å². The zero-order valence-electron chi connectivity index (χ0n) is 10.1. The number of rotatable bonds is 3. The van der Waals surface area contributed by atoms with E-state index in [2.05, 4.69) is 31.2 Å². The number of hydrogen-bond acceptors (Lipinski definition) is 3. The van der Waals surface area contributed by atoms with E-state index < -0.39 is 5.97 Å². The number of nitrogens with zero attached hydrogens (tertiary/aromatic N) is 3. The number of halogens is 1. The lowest BCUT2D eigenvalue weighted by Crippen LogP contribution is -1.95. The van der Waals surface area contributed by atoms with Gasteiger partial charge in [0.1, 0.15) is 5.69 Å². The number of carboxylic acid groups (broad SMARTS) is 1. The number of hydrogen-bond donors (Lipinski definition) is 2. The number of carbonyl (C=O) groups is 1. The summed E-state index contributed by atoms with van der Waals surface area (Å²) in [6.07, 6.45) is 3.56. The van der Waals surface area contributed by atoms with Gasteiger partial charge in [0, 0.05) is 11.8 Å². The third kappa shape index (κ3) is 2.35. The first-order valence-electron chi connectivity index (χ1n) is 5.73. The van der Waals surface area contributed by atoms with Crippen molar-refractivity contribution in [2.45, 2.75) is 0 Å². The zero-order chi connectivity index (χ0) is 14.1. The van der Waals surface area contributed by atoms with E-state index in [1.165, 1.54) is 6.07 Å². The molecule has 6 nitrogen and oxygen atoms in total. The highest BCUT2D eigenvalue weighted by atomic mass is 79.9. The van der Waals surface area contributed by atoms with E-state index in [1.54, 1.807) is 10.9 Å². The Labute approximate surface area is 122 Å². The smallest absolute Gasteiger partial charge is 0.353 e. The highest BCUT2D eigenvalue weighted by Crippen LogP contribution is 2.20. The van der Waals surface area contributed by atoms with Gasteiger partial charge in [-0.2, -0.15) is 10.2 Å². The molecule has 7 heteroatoms. The van der Waals surface area contributed by atoms with Crippen LogP contribution in [-0.2, 0) is 0 Å². The Balaban J connectivity index is 1.90. The molecule has 3 aromatic rings. The Morgan fingerprint density at radius 2 is 2.05 bits per heavy atom. The Morgan fingerprint density at radius 1 is 1.30 bits per heavy atom. The van der Waals surface area contributed by atoms with Crippen LogP contribution in [0.2, 0.25) is 0 Å². The van der Waals surface area contributed by atoms with Gasteiger partial charge < -0.3 is 5.11 Å². The van der Waals surface area contributed by atoms with Crippen molar-refractivity contribution in [2.24, 2.45) is 0 Å². The number of benzene rings is 1. The Kier molecular flexibility index (Phi) is 3.11. The van der Waals surface area contributed by atoms with E-state index in [1.807, 2.05) is 30.5 Å². The molecule has 0 saturated carbocycles. The second-order valence-electron chi connectivity index (χ2n) is 4.12. The van der Waals surface area contributed by atoms with Crippen LogP contribution in [0.15, 0.2) is 47.2 Å². The van der Waals surface area contributed by atoms with Crippen LogP contribution in [0.1, 0.15) is 10.5 Å². The van der Waals surface area contributed by atoms with Gasteiger partial charge in [-0.25, -0.2) is 9.48 Å². The number of aromatic amines is 1. The predicted molar refractivity (Wildman–Crippen MR) is 75.8 cm³/mol. The van der Waals surface area contributed by atoms with Crippen molar-refractivity contribution in [1.29, 1.82) is 0 Å². The minimum atomic E-state index is -1.03. The largest absolute Gasteiger partial charge is 0.477 e. The van der Waals surface area contributed by atoms with Crippen molar-refractivity contribution in [2.75, 3.05) is 0 Å². The van der Waals surface area contributed by atoms with E-state index in [0.29, 0.717) is 5.69 Å². The first-order valence-corrected chi connectivity index (χ1v) is 6.52. The Morgan fingerprint density at radius 3 is 2.60 bits per heavy atom. The van der Waals surface area contributed by atoms with E-state index >= 15 is 0 Å². The first kappa shape index (κ1) is 12.6. The van der Waals surface area contributed by atoms with Crippen LogP contribution in [0.5, 0.6) is 0 Å². The molecule has 2 aromatic heterocycles. The normalized spacial score (nSPS) is 10.7. The molecule has 1 aromatic carbocycles. The molecule has 0 bridgehead atoms. The maximum Gasteiger partial charge on any atom is 0.353 e. The third-order valence-corrected chi connectivity index (χ3v) is 3.20. The van der Waals surface area contributed by atoms with Crippen molar-refractivity contribution in [3.8, 4) is 16.9 Å². The monoisotopic (exact) mass is 332 g/mol. The third-order valence-electron chi connectivity index (χ3n) is 2.79. The van der Waals surface area contributed by atoms with E-state index in [9.17, 15) is 4.79 Å². The molecule has 100 valence electrons. The molecule has 0 aliphatic rings. The van der Waals surface area contributed by atoms with Gasteiger partial charge in [0.25, 0.3) is 0 Å². The fourth-order valence-corrected chi connectivity index (χ4v) is 2.09. The second kappa shape index (κ2) is 4.93. The molecule has 0 fully saturated rings. The van der Waals surface area contributed by atoms with Crippen LogP contribution in [0.25, 0.3) is 16.9 Å². The zero-order valence-corrected chi connectivity index (χ0v) is 11.7. The number of H-pyrrole nitrogens is 1. The summed E-state index contributed by atoms with van der Waals surface area (Å²) < 4.78 is 2.64. The number of aromatic carboxylic acids is 1. The molecular formula is C13H9BrN4O2. The highest BCUT2D eigenvalue weighted by molar-refractivity contribution is 9.10. The van der Waals surface area contributed by atoms with Crippen LogP contribution >= 0.6 is 15.9 Å². The van der Waals surface area contributed by atoms with Crippen LogP contribution in [0.4, 0.5) is 0 Å². The molecule has 0 radical (unpaired) electrons. The van der Waals surface area contributed by atoms with Gasteiger partial charge in [-0.05, 0) is 34.1 Å². The summed E-state index contributed by atoms with van der Waals surface area (Å²) in [4.78, 5) is 10.8. The van der Waals surface area contributed by atoms with Crippen molar-refractivity contribution in [3.05, 3.63) is 52.9 Å². The van der Waals surface area contributed by atoms with Gasteiger partial charge in [0.2, 0.25) is 0 Å². The first-order chi connectivity index (χ1) is 9.63. The lowest BCUT2D eigenvalue weighted by molar-refractivity contribution is 0.0690. The average Bonchev–Trinajstić information content (AvgIpc) is 3.08. The molecule has 2 heterocycles.